The Hall–Kier alpha value is -3.09. The fourth-order valence-corrected chi connectivity index (χ4v) is 7.90. The van der Waals surface area contributed by atoms with Gasteiger partial charge in [-0.3, -0.25) is 19.2 Å². The maximum absolute atomic E-state index is 13.3. The number of nitrogens with zero attached hydrogens (tertiary/aromatic N) is 1. The molecule has 0 aliphatic carbocycles. The number of aliphatic hydroxyl groups excluding tert-OH is 1. The predicted octanol–water partition coefficient (Wildman–Crippen LogP) is 3.37. The summed E-state index contributed by atoms with van der Waals surface area (Å²) in [6.07, 6.45) is -3.34. The van der Waals surface area contributed by atoms with Crippen molar-refractivity contribution in [2.24, 2.45) is 11.8 Å². The first-order valence-electron chi connectivity index (χ1n) is 20.5. The first-order valence-corrected chi connectivity index (χ1v) is 20.5. The topological polar surface area (TPSA) is 203 Å². The Balaban J connectivity index is 2.00. The zero-order chi connectivity index (χ0) is 43.3. The number of aliphatic hydroxyl groups is 2. The molecule has 0 amide bonds. The molecule has 3 aliphatic rings. The van der Waals surface area contributed by atoms with Gasteiger partial charge in [0.1, 0.15) is 42.4 Å². The van der Waals surface area contributed by atoms with Crippen LogP contribution < -0.4 is 0 Å². The van der Waals surface area contributed by atoms with Gasteiger partial charge in [-0.1, -0.05) is 39.0 Å². The lowest BCUT2D eigenvalue weighted by atomic mass is 9.83. The molecule has 0 saturated carbocycles. The van der Waals surface area contributed by atoms with Gasteiger partial charge in [-0.15, -0.1) is 0 Å². The molecule has 2 saturated heterocycles. The Morgan fingerprint density at radius 3 is 2.29 bits per heavy atom. The molecule has 58 heavy (non-hydrogen) atoms. The van der Waals surface area contributed by atoms with Gasteiger partial charge in [-0.25, -0.2) is 0 Å². The fraction of sp³-hybridized carbons (Fsp3) is 0.786. The second kappa shape index (κ2) is 23.1. The number of esters is 3. The van der Waals surface area contributed by atoms with Crippen molar-refractivity contribution in [1.82, 2.24) is 4.90 Å². The van der Waals surface area contributed by atoms with Crippen molar-refractivity contribution in [3.05, 3.63) is 24.3 Å². The molecule has 2 fully saturated rings. The highest BCUT2D eigenvalue weighted by Gasteiger charge is 2.53. The minimum Gasteiger partial charge on any atom is -0.462 e. The van der Waals surface area contributed by atoms with Crippen LogP contribution in [-0.4, -0.2) is 145 Å². The van der Waals surface area contributed by atoms with Crippen molar-refractivity contribution in [2.45, 2.75) is 179 Å². The van der Waals surface area contributed by atoms with Crippen LogP contribution in [0.5, 0.6) is 0 Å². The average molecular weight is 826 g/mol. The number of likely N-dealkylation sites (N-methyl/N-ethyl adjacent to an activating group) is 1. The van der Waals surface area contributed by atoms with Crippen LogP contribution in [0.4, 0.5) is 0 Å². The number of aldehydes is 1. The molecule has 3 aliphatic heterocycles. The van der Waals surface area contributed by atoms with E-state index in [1.165, 1.54) is 13.2 Å². The Labute approximate surface area is 342 Å². The monoisotopic (exact) mass is 825 g/mol. The fourth-order valence-electron chi connectivity index (χ4n) is 7.90. The van der Waals surface area contributed by atoms with Gasteiger partial charge < -0.3 is 57.8 Å². The summed E-state index contributed by atoms with van der Waals surface area (Å²) in [5.41, 5.74) is -1.50. The standard InChI is InChI=1S/C42H67NO15/c1-11-16-32(47)56-40-27(6)53-34(23-42(40,7)50)57-37-26(5)54-41(36(49)35(37)43(8)9)58-38-28(19-20-44)21-24(3)29(45)18-15-13-14-17-25(4)52-33(48)22-30(39(38)51-10)55-31(46)12-2/h13-15,18,20,24-28,30,34-41,49-50H,11-12,16-17,19,21-23H2,1-10H3/b14-13+,18-15+/t24-,25-,26-,27+,28+,30-,34+,35-,36-,37-,38+,39+,40+,41+,42-/m1/s1. The first-order chi connectivity index (χ1) is 27.4. The number of allylic oxidation sites excluding steroid dienone is 3. The summed E-state index contributed by atoms with van der Waals surface area (Å²) in [7, 11) is 4.83. The zero-order valence-electron chi connectivity index (χ0n) is 35.8. The van der Waals surface area contributed by atoms with Gasteiger partial charge in [0, 0.05) is 45.1 Å². The Morgan fingerprint density at radius 2 is 1.69 bits per heavy atom. The van der Waals surface area contributed by atoms with Crippen LogP contribution in [0, 0.1) is 11.8 Å². The van der Waals surface area contributed by atoms with Crippen LogP contribution in [0.15, 0.2) is 24.3 Å². The van der Waals surface area contributed by atoms with E-state index in [1.54, 1.807) is 78.8 Å². The Bertz CT molecular complexity index is 1420. The maximum atomic E-state index is 13.3. The van der Waals surface area contributed by atoms with Crippen LogP contribution in [0.3, 0.4) is 0 Å². The van der Waals surface area contributed by atoms with E-state index >= 15 is 0 Å². The molecule has 3 heterocycles. The molecular formula is C42H67NO15. The van der Waals surface area contributed by atoms with Gasteiger partial charge in [0.25, 0.3) is 0 Å². The van der Waals surface area contributed by atoms with E-state index in [0.29, 0.717) is 19.1 Å². The predicted molar refractivity (Wildman–Crippen MR) is 209 cm³/mol. The van der Waals surface area contributed by atoms with E-state index in [4.69, 9.17) is 37.9 Å². The molecule has 15 atom stereocenters. The Morgan fingerprint density at radius 1 is 0.983 bits per heavy atom. The lowest BCUT2D eigenvalue weighted by Gasteiger charge is -2.50. The second-order valence-electron chi connectivity index (χ2n) is 16.2. The molecule has 0 aromatic rings. The molecule has 0 aromatic carbocycles. The smallest absolute Gasteiger partial charge is 0.309 e. The molecule has 0 aromatic heterocycles. The van der Waals surface area contributed by atoms with Gasteiger partial charge in [0.2, 0.25) is 0 Å². The van der Waals surface area contributed by atoms with Crippen LogP contribution in [0.1, 0.15) is 99.8 Å². The highest BCUT2D eigenvalue weighted by atomic mass is 16.7. The third-order valence-electron chi connectivity index (χ3n) is 10.9. The minimum atomic E-state index is -1.50. The first kappa shape index (κ1) is 49.3. The summed E-state index contributed by atoms with van der Waals surface area (Å²) >= 11 is 0. The van der Waals surface area contributed by atoms with E-state index in [0.717, 1.165) is 0 Å². The quantitative estimate of drug-likeness (QED) is 0.155. The zero-order valence-corrected chi connectivity index (χ0v) is 35.8. The van der Waals surface area contributed by atoms with Gasteiger partial charge in [0.15, 0.2) is 24.5 Å². The molecular weight excluding hydrogens is 758 g/mol. The molecule has 3 rings (SSSR count). The summed E-state index contributed by atoms with van der Waals surface area (Å²) in [4.78, 5) is 65.7. The minimum absolute atomic E-state index is 0.0121. The molecule has 0 bridgehead atoms. The number of ketones is 1. The highest BCUT2D eigenvalue weighted by Crippen LogP contribution is 2.37. The second-order valence-corrected chi connectivity index (χ2v) is 16.2. The number of methoxy groups -OCH3 is 1. The van der Waals surface area contributed by atoms with Crippen molar-refractivity contribution >= 4 is 30.0 Å². The van der Waals surface area contributed by atoms with E-state index in [1.807, 2.05) is 6.92 Å². The number of ether oxygens (including phenoxy) is 8. The lowest BCUT2D eigenvalue weighted by Crippen LogP contribution is -2.66. The molecule has 16 heteroatoms. The number of hydrogen-bond donors (Lipinski definition) is 2. The Kier molecular flexibility index (Phi) is 19.6. The van der Waals surface area contributed by atoms with Crippen molar-refractivity contribution in [1.29, 1.82) is 0 Å². The number of rotatable bonds is 13. The van der Waals surface area contributed by atoms with Crippen molar-refractivity contribution < 1.29 is 72.1 Å². The molecule has 0 unspecified atom stereocenters. The number of cyclic esters (lactones) is 1. The summed E-state index contributed by atoms with van der Waals surface area (Å²) in [5.74, 6) is -3.28. The average Bonchev–Trinajstić information content (AvgIpc) is 3.13. The lowest BCUT2D eigenvalue weighted by molar-refractivity contribution is -0.344. The molecule has 0 spiro atoms. The molecule has 330 valence electrons. The number of carbonyl (C=O) groups is 5. The third-order valence-corrected chi connectivity index (χ3v) is 10.9. The summed E-state index contributed by atoms with van der Waals surface area (Å²) in [6, 6.07) is -0.793. The molecule has 16 nitrogen and oxygen atoms in total. The number of hydrogen-bond acceptors (Lipinski definition) is 16. The third kappa shape index (κ3) is 13.7. The van der Waals surface area contributed by atoms with Gasteiger partial charge in [0.05, 0.1) is 30.8 Å². The van der Waals surface area contributed by atoms with E-state index in [2.05, 4.69) is 0 Å². The van der Waals surface area contributed by atoms with Crippen LogP contribution in [0.25, 0.3) is 0 Å². The van der Waals surface area contributed by atoms with E-state index in [9.17, 15) is 34.2 Å². The molecule has 0 radical (unpaired) electrons. The number of carbonyl (C=O) groups excluding carboxylic acids is 5. The largest absolute Gasteiger partial charge is 0.462 e. The normalized spacial score (nSPS) is 39.3. The van der Waals surface area contributed by atoms with Crippen LogP contribution in [-0.2, 0) is 61.9 Å². The van der Waals surface area contributed by atoms with Crippen molar-refractivity contribution in [2.75, 3.05) is 21.2 Å². The summed E-state index contributed by atoms with van der Waals surface area (Å²) in [5, 5.41) is 23.5. The molecule has 2 N–H and O–H groups in total. The van der Waals surface area contributed by atoms with Gasteiger partial charge in [-0.05, 0) is 66.6 Å². The van der Waals surface area contributed by atoms with E-state index < -0.39 is 115 Å². The van der Waals surface area contributed by atoms with Crippen LogP contribution >= 0.6 is 0 Å². The van der Waals surface area contributed by atoms with Gasteiger partial charge in [-0.2, -0.15) is 0 Å². The van der Waals surface area contributed by atoms with E-state index in [-0.39, 0.29) is 37.9 Å². The van der Waals surface area contributed by atoms with Gasteiger partial charge >= 0.3 is 17.9 Å². The SMILES string of the molecule is CCCC(=O)O[C@H]1[C@H](C)O[C@@H](O[C@H]2[C@H](N(C)C)[C@@H](O)[C@H](O[C@H]3[C@@H](CC=O)C[C@@H](C)C(=O)/C=C/C=C/C[C@@H](C)OC(=O)C[C@@H](OC(=O)CC)[C@@H]3OC)O[C@@H]2C)C[C@@]1(C)O. The highest BCUT2D eigenvalue weighted by molar-refractivity contribution is 5.91. The van der Waals surface area contributed by atoms with Crippen molar-refractivity contribution in [3.63, 3.8) is 0 Å². The summed E-state index contributed by atoms with van der Waals surface area (Å²) in [6.45, 7) is 11.9. The maximum Gasteiger partial charge on any atom is 0.309 e. The van der Waals surface area contributed by atoms with Crippen molar-refractivity contribution in [3.8, 4) is 0 Å². The summed E-state index contributed by atoms with van der Waals surface area (Å²) < 4.78 is 48.6. The van der Waals surface area contributed by atoms with Crippen LogP contribution in [0.2, 0.25) is 0 Å².